The zero-order valence-corrected chi connectivity index (χ0v) is 10.9. The minimum Gasteiger partial charge on any atom is -0.103 e. The average molecular weight is 198 g/mol. The summed E-state index contributed by atoms with van der Waals surface area (Å²) < 4.78 is 0. The van der Waals surface area contributed by atoms with Gasteiger partial charge in [-0.2, -0.15) is 0 Å². The van der Waals surface area contributed by atoms with Crippen LogP contribution in [0.15, 0.2) is 12.7 Å². The van der Waals surface area contributed by atoms with Gasteiger partial charge in [0.2, 0.25) is 0 Å². The van der Waals surface area contributed by atoms with Crippen LogP contribution in [0.1, 0.15) is 40.5 Å². The van der Waals surface area contributed by atoms with E-state index in [0.717, 1.165) is 5.54 Å². The summed E-state index contributed by atoms with van der Waals surface area (Å²) >= 11 is 0. The molecule has 1 heteroatoms. The summed E-state index contributed by atoms with van der Waals surface area (Å²) in [6.07, 6.45) is 4.73. The maximum Gasteiger partial charge on any atom is 0.0561 e. The lowest BCUT2D eigenvalue weighted by atomic mass is 10.2. The third kappa shape index (κ3) is 2.98. The fraction of sp³-hybridized carbons (Fsp3) is 0.833. The normalized spacial score (nSPS) is 14.2. The highest BCUT2D eigenvalue weighted by Gasteiger charge is 2.33. The predicted molar refractivity (Wildman–Crippen MR) is 66.1 cm³/mol. The van der Waals surface area contributed by atoms with Gasteiger partial charge in [-0.15, -0.1) is 6.58 Å². The van der Waals surface area contributed by atoms with Gasteiger partial charge in [0.15, 0.2) is 0 Å². The molecule has 0 saturated carbocycles. The van der Waals surface area contributed by atoms with Crippen molar-refractivity contribution in [2.45, 2.75) is 64.2 Å². The van der Waals surface area contributed by atoms with Gasteiger partial charge in [-0.3, -0.25) is 0 Å². The lowest BCUT2D eigenvalue weighted by molar-refractivity contribution is 0.754. The monoisotopic (exact) mass is 198 g/mol. The van der Waals surface area contributed by atoms with Crippen LogP contribution in [0.2, 0.25) is 23.7 Å². The molecule has 0 nitrogen and oxygen atoms in total. The highest BCUT2D eigenvalue weighted by Crippen LogP contribution is 2.38. The van der Waals surface area contributed by atoms with E-state index < -0.39 is 8.07 Å². The van der Waals surface area contributed by atoms with Gasteiger partial charge in [0.1, 0.15) is 0 Å². The molecule has 1 unspecified atom stereocenters. The highest BCUT2D eigenvalue weighted by molar-refractivity contribution is 6.81. The van der Waals surface area contributed by atoms with Crippen molar-refractivity contribution in [2.24, 2.45) is 0 Å². The second kappa shape index (κ2) is 6.42. The first kappa shape index (κ1) is 13.0. The van der Waals surface area contributed by atoms with Crippen molar-refractivity contribution in [1.82, 2.24) is 0 Å². The molecule has 0 aromatic rings. The summed E-state index contributed by atoms with van der Waals surface area (Å²) in [5.74, 6) is 0. The Labute approximate surface area is 85.4 Å². The smallest absolute Gasteiger partial charge is 0.0561 e. The van der Waals surface area contributed by atoms with Crippen LogP contribution < -0.4 is 0 Å². The highest BCUT2D eigenvalue weighted by atomic mass is 28.3. The Bertz CT molecular complexity index is 128. The van der Waals surface area contributed by atoms with Crippen LogP contribution in [-0.4, -0.2) is 8.07 Å². The van der Waals surface area contributed by atoms with E-state index in [-0.39, 0.29) is 0 Å². The Kier molecular flexibility index (Phi) is 6.40. The molecule has 0 aliphatic heterocycles. The van der Waals surface area contributed by atoms with Gasteiger partial charge in [0.05, 0.1) is 8.07 Å². The zero-order chi connectivity index (χ0) is 10.3. The fourth-order valence-corrected chi connectivity index (χ4v) is 7.43. The van der Waals surface area contributed by atoms with E-state index in [9.17, 15) is 0 Å². The molecular weight excluding hydrogens is 172 g/mol. The molecule has 1 atom stereocenters. The number of hydrogen-bond donors (Lipinski definition) is 0. The third-order valence-corrected chi connectivity index (χ3v) is 10.5. The average Bonchev–Trinajstić information content (AvgIpc) is 2.19. The lowest BCUT2D eigenvalue weighted by Gasteiger charge is -2.36. The topological polar surface area (TPSA) is 0 Å². The van der Waals surface area contributed by atoms with Gasteiger partial charge in [-0.1, -0.05) is 58.3 Å². The van der Waals surface area contributed by atoms with E-state index in [4.69, 9.17) is 0 Å². The fourth-order valence-electron chi connectivity index (χ4n) is 2.67. The predicted octanol–water partition coefficient (Wildman–Crippen LogP) is 4.85. The van der Waals surface area contributed by atoms with Gasteiger partial charge >= 0.3 is 0 Å². The molecule has 0 aliphatic carbocycles. The van der Waals surface area contributed by atoms with Gasteiger partial charge < -0.3 is 0 Å². The molecule has 0 N–H and O–H groups in total. The summed E-state index contributed by atoms with van der Waals surface area (Å²) in [5, 5.41) is 0. The van der Waals surface area contributed by atoms with Crippen LogP contribution in [0.4, 0.5) is 0 Å². The molecule has 0 spiro atoms. The van der Waals surface area contributed by atoms with Crippen LogP contribution >= 0.6 is 0 Å². The molecule has 0 heterocycles. The lowest BCUT2D eigenvalue weighted by Crippen LogP contribution is -2.37. The summed E-state index contributed by atoms with van der Waals surface area (Å²) in [6, 6.07) is 4.35. The standard InChI is InChI=1S/C12H26Si/c1-6-11-12(7-2)13(8-3,9-4)10-5/h6,12H,1,7-11H2,2-5H3. The molecule has 13 heavy (non-hydrogen) atoms. The molecule has 0 rings (SSSR count). The first-order valence-corrected chi connectivity index (χ1v) is 8.51. The molecule has 0 aromatic carbocycles. The molecule has 78 valence electrons. The quantitative estimate of drug-likeness (QED) is 0.405. The summed E-state index contributed by atoms with van der Waals surface area (Å²) in [6.45, 7) is 13.4. The Hall–Kier alpha value is -0.0431. The van der Waals surface area contributed by atoms with E-state index in [0.29, 0.717) is 0 Å². The molecule has 0 saturated heterocycles. The largest absolute Gasteiger partial charge is 0.103 e. The van der Waals surface area contributed by atoms with Crippen molar-refractivity contribution in [3.63, 3.8) is 0 Å². The van der Waals surface area contributed by atoms with Gasteiger partial charge in [0.25, 0.3) is 0 Å². The Morgan fingerprint density at radius 3 is 1.77 bits per heavy atom. The second-order valence-electron chi connectivity index (χ2n) is 4.05. The molecule has 0 amide bonds. The number of hydrogen-bond acceptors (Lipinski definition) is 0. The van der Waals surface area contributed by atoms with Crippen molar-refractivity contribution in [3.05, 3.63) is 12.7 Å². The van der Waals surface area contributed by atoms with Crippen LogP contribution in [0.5, 0.6) is 0 Å². The van der Waals surface area contributed by atoms with Crippen LogP contribution in [0, 0.1) is 0 Å². The van der Waals surface area contributed by atoms with Crippen molar-refractivity contribution in [1.29, 1.82) is 0 Å². The molecule has 0 radical (unpaired) electrons. The number of allylic oxidation sites excluding steroid dienone is 1. The van der Waals surface area contributed by atoms with Crippen molar-refractivity contribution < 1.29 is 0 Å². The third-order valence-electron chi connectivity index (χ3n) is 3.92. The summed E-state index contributed by atoms with van der Waals surface area (Å²) in [7, 11) is -0.939. The zero-order valence-electron chi connectivity index (χ0n) is 9.90. The van der Waals surface area contributed by atoms with Crippen molar-refractivity contribution >= 4 is 8.07 Å². The van der Waals surface area contributed by atoms with E-state index in [1.807, 2.05) is 0 Å². The van der Waals surface area contributed by atoms with E-state index >= 15 is 0 Å². The summed E-state index contributed by atoms with van der Waals surface area (Å²) in [4.78, 5) is 0. The Balaban J connectivity index is 4.54. The molecular formula is C12H26Si. The first-order chi connectivity index (χ1) is 6.20. The molecule has 0 bridgehead atoms. The van der Waals surface area contributed by atoms with E-state index in [1.54, 1.807) is 0 Å². The Morgan fingerprint density at radius 2 is 1.54 bits per heavy atom. The van der Waals surface area contributed by atoms with Crippen LogP contribution in [0.3, 0.4) is 0 Å². The van der Waals surface area contributed by atoms with Gasteiger partial charge in [-0.25, -0.2) is 0 Å². The molecule has 0 aliphatic rings. The van der Waals surface area contributed by atoms with Crippen LogP contribution in [0.25, 0.3) is 0 Å². The second-order valence-corrected chi connectivity index (χ2v) is 9.72. The first-order valence-electron chi connectivity index (χ1n) is 5.81. The van der Waals surface area contributed by atoms with Crippen LogP contribution in [-0.2, 0) is 0 Å². The number of rotatable bonds is 7. The summed E-state index contributed by atoms with van der Waals surface area (Å²) in [5.41, 5.74) is 0.977. The van der Waals surface area contributed by atoms with Gasteiger partial charge in [0, 0.05) is 0 Å². The minimum atomic E-state index is -0.939. The maximum atomic E-state index is 3.89. The van der Waals surface area contributed by atoms with E-state index in [1.165, 1.54) is 31.0 Å². The Morgan fingerprint density at radius 1 is 1.08 bits per heavy atom. The van der Waals surface area contributed by atoms with Gasteiger partial charge in [-0.05, 0) is 12.0 Å². The van der Waals surface area contributed by atoms with Crippen molar-refractivity contribution in [3.8, 4) is 0 Å². The van der Waals surface area contributed by atoms with Crippen molar-refractivity contribution in [2.75, 3.05) is 0 Å². The minimum absolute atomic E-state index is 0.939. The maximum absolute atomic E-state index is 3.89. The molecule has 0 aromatic heterocycles. The molecule has 0 fully saturated rings. The van der Waals surface area contributed by atoms with E-state index in [2.05, 4.69) is 40.3 Å². The SMILES string of the molecule is C=CCC(CC)[Si](CC)(CC)CC.